The van der Waals surface area contributed by atoms with Crippen molar-refractivity contribution < 1.29 is 51.4 Å². The largest absolute Gasteiger partial charge is 1.00 e. The fourth-order valence-electron chi connectivity index (χ4n) is 1.75. The molecule has 1 saturated heterocycles. The minimum absolute atomic E-state index is 0. The van der Waals surface area contributed by atoms with E-state index in [0.717, 1.165) is 38.3 Å². The molecule has 0 bridgehead atoms. The SMILES string of the molecule is N#Cc1ccc(CN2CC[N-]CC2)cc1.[K+]. The summed E-state index contributed by atoms with van der Waals surface area (Å²) in [5.74, 6) is 0. The number of rotatable bonds is 2. The van der Waals surface area contributed by atoms with Crippen LogP contribution in [0.2, 0.25) is 0 Å². The van der Waals surface area contributed by atoms with E-state index in [0.29, 0.717) is 0 Å². The van der Waals surface area contributed by atoms with Crippen molar-refractivity contribution in [1.82, 2.24) is 4.90 Å². The zero-order valence-corrected chi connectivity index (χ0v) is 12.8. The molecular formula is C12H14KN3. The first-order valence-electron chi connectivity index (χ1n) is 5.23. The first kappa shape index (κ1) is 14.3. The van der Waals surface area contributed by atoms with E-state index < -0.39 is 0 Å². The molecule has 1 fully saturated rings. The molecule has 0 aliphatic carbocycles. The Kier molecular flexibility index (Phi) is 6.77. The molecule has 0 unspecified atom stereocenters. The summed E-state index contributed by atoms with van der Waals surface area (Å²) in [5.41, 5.74) is 2.00. The van der Waals surface area contributed by atoms with E-state index >= 15 is 0 Å². The van der Waals surface area contributed by atoms with Gasteiger partial charge in [0.1, 0.15) is 0 Å². The van der Waals surface area contributed by atoms with Crippen molar-refractivity contribution in [3.05, 3.63) is 40.7 Å². The van der Waals surface area contributed by atoms with E-state index in [4.69, 9.17) is 5.26 Å². The third-order valence-corrected chi connectivity index (χ3v) is 2.64. The third-order valence-electron chi connectivity index (χ3n) is 2.64. The van der Waals surface area contributed by atoms with Crippen LogP contribution < -0.4 is 51.4 Å². The van der Waals surface area contributed by atoms with Gasteiger partial charge in [0.25, 0.3) is 0 Å². The van der Waals surface area contributed by atoms with Gasteiger partial charge >= 0.3 is 51.4 Å². The molecule has 16 heavy (non-hydrogen) atoms. The summed E-state index contributed by atoms with van der Waals surface area (Å²) >= 11 is 0. The standard InChI is InChI=1S/C12H14N3.K/c13-9-11-1-3-12(4-2-11)10-15-7-5-14-6-8-15;/h1-4H,5-8,10H2;/q-1;+1. The van der Waals surface area contributed by atoms with E-state index in [1.165, 1.54) is 5.56 Å². The number of hydrogen-bond donors (Lipinski definition) is 0. The second-order valence-corrected chi connectivity index (χ2v) is 3.76. The van der Waals surface area contributed by atoms with Gasteiger partial charge in [-0.25, -0.2) is 0 Å². The minimum Gasteiger partial charge on any atom is -0.660 e. The Hall–Kier alpha value is 0.266. The summed E-state index contributed by atoms with van der Waals surface area (Å²) in [5, 5.41) is 13.0. The number of nitriles is 1. The van der Waals surface area contributed by atoms with Gasteiger partial charge in [-0.3, -0.25) is 0 Å². The number of hydrogen-bond acceptors (Lipinski definition) is 2. The van der Waals surface area contributed by atoms with Gasteiger partial charge in [-0.05, 0) is 30.8 Å². The number of benzene rings is 1. The van der Waals surface area contributed by atoms with Crippen LogP contribution >= 0.6 is 0 Å². The quantitative estimate of drug-likeness (QED) is 0.605. The number of nitrogens with zero attached hydrogens (tertiary/aromatic N) is 3. The van der Waals surface area contributed by atoms with Crippen LogP contribution in [0.25, 0.3) is 5.32 Å². The molecule has 1 heterocycles. The summed E-state index contributed by atoms with van der Waals surface area (Å²) in [6.45, 7) is 4.99. The minimum atomic E-state index is 0. The molecule has 1 aliphatic rings. The molecule has 0 spiro atoms. The van der Waals surface area contributed by atoms with Crippen molar-refractivity contribution in [2.75, 3.05) is 26.2 Å². The third kappa shape index (κ3) is 4.26. The Balaban J connectivity index is 0.00000128. The normalized spacial score (nSPS) is 16.2. The van der Waals surface area contributed by atoms with Gasteiger partial charge in [0, 0.05) is 6.54 Å². The Labute approximate surface area is 139 Å². The van der Waals surface area contributed by atoms with Crippen LogP contribution in [0.15, 0.2) is 24.3 Å². The van der Waals surface area contributed by atoms with Gasteiger partial charge in [0.15, 0.2) is 0 Å². The average molecular weight is 239 g/mol. The first-order chi connectivity index (χ1) is 7.38. The van der Waals surface area contributed by atoms with Gasteiger partial charge < -0.3 is 10.2 Å². The second-order valence-electron chi connectivity index (χ2n) is 3.76. The molecule has 4 heteroatoms. The topological polar surface area (TPSA) is 41.1 Å². The molecule has 0 saturated carbocycles. The van der Waals surface area contributed by atoms with Crippen LogP contribution in [-0.4, -0.2) is 31.1 Å². The number of piperazine rings is 1. The molecule has 78 valence electrons. The fourth-order valence-corrected chi connectivity index (χ4v) is 1.75. The van der Waals surface area contributed by atoms with Crippen LogP contribution in [0.3, 0.4) is 0 Å². The van der Waals surface area contributed by atoms with Crippen molar-refractivity contribution in [2.45, 2.75) is 6.54 Å². The maximum absolute atomic E-state index is 8.68. The van der Waals surface area contributed by atoms with Gasteiger partial charge in [-0.15, -0.1) is 13.1 Å². The van der Waals surface area contributed by atoms with Gasteiger partial charge in [-0.1, -0.05) is 12.1 Å². The predicted molar refractivity (Wildman–Crippen MR) is 59.5 cm³/mol. The van der Waals surface area contributed by atoms with Gasteiger partial charge in [0.2, 0.25) is 0 Å². The molecule has 0 atom stereocenters. The smallest absolute Gasteiger partial charge is 0.660 e. The maximum Gasteiger partial charge on any atom is 1.00 e. The van der Waals surface area contributed by atoms with E-state index in [9.17, 15) is 0 Å². The first-order valence-corrected chi connectivity index (χ1v) is 5.23. The molecule has 1 aromatic rings. The summed E-state index contributed by atoms with van der Waals surface area (Å²) < 4.78 is 0. The van der Waals surface area contributed by atoms with E-state index in [1.54, 1.807) is 0 Å². The monoisotopic (exact) mass is 239 g/mol. The van der Waals surface area contributed by atoms with Gasteiger partial charge in [-0.2, -0.15) is 5.26 Å². The molecule has 0 amide bonds. The van der Waals surface area contributed by atoms with E-state index in [-0.39, 0.29) is 51.4 Å². The average Bonchev–Trinajstić information content (AvgIpc) is 2.31. The van der Waals surface area contributed by atoms with Crippen molar-refractivity contribution in [3.8, 4) is 6.07 Å². The molecule has 0 N–H and O–H groups in total. The molecule has 2 rings (SSSR count). The van der Waals surface area contributed by atoms with Crippen LogP contribution in [0.5, 0.6) is 0 Å². The Bertz CT molecular complexity index is 350. The molecule has 3 nitrogen and oxygen atoms in total. The van der Waals surface area contributed by atoms with Crippen molar-refractivity contribution in [3.63, 3.8) is 0 Å². The Morgan fingerprint density at radius 1 is 1.19 bits per heavy atom. The second kappa shape index (κ2) is 7.57. The summed E-state index contributed by atoms with van der Waals surface area (Å²) in [6, 6.07) is 9.95. The Morgan fingerprint density at radius 3 is 2.38 bits per heavy atom. The summed E-state index contributed by atoms with van der Waals surface area (Å²) in [6.07, 6.45) is 0. The van der Waals surface area contributed by atoms with E-state index in [2.05, 4.69) is 16.3 Å². The van der Waals surface area contributed by atoms with Crippen LogP contribution in [0.1, 0.15) is 11.1 Å². The predicted octanol–water partition coefficient (Wildman–Crippen LogP) is -1.25. The fraction of sp³-hybridized carbons (Fsp3) is 0.417. The summed E-state index contributed by atoms with van der Waals surface area (Å²) in [4.78, 5) is 2.40. The zero-order valence-electron chi connectivity index (χ0n) is 9.69. The maximum atomic E-state index is 8.68. The van der Waals surface area contributed by atoms with Crippen molar-refractivity contribution in [2.24, 2.45) is 0 Å². The van der Waals surface area contributed by atoms with Crippen LogP contribution in [0.4, 0.5) is 0 Å². The molecule has 0 aromatic heterocycles. The molecule has 1 aromatic carbocycles. The zero-order chi connectivity index (χ0) is 10.5. The molecule has 1 aliphatic heterocycles. The van der Waals surface area contributed by atoms with Gasteiger partial charge in [0.05, 0.1) is 11.6 Å². The Morgan fingerprint density at radius 2 is 1.81 bits per heavy atom. The van der Waals surface area contributed by atoms with Crippen LogP contribution in [-0.2, 0) is 6.54 Å². The molecule has 0 radical (unpaired) electrons. The summed E-state index contributed by atoms with van der Waals surface area (Å²) in [7, 11) is 0. The van der Waals surface area contributed by atoms with Crippen molar-refractivity contribution in [1.29, 1.82) is 5.26 Å². The molecular weight excluding hydrogens is 225 g/mol. The van der Waals surface area contributed by atoms with Crippen LogP contribution in [0, 0.1) is 11.3 Å². The van der Waals surface area contributed by atoms with Crippen molar-refractivity contribution >= 4 is 0 Å². The van der Waals surface area contributed by atoms with E-state index in [1.807, 2.05) is 24.3 Å².